The van der Waals surface area contributed by atoms with Gasteiger partial charge in [0, 0.05) is 6.07 Å². The number of tetrazole rings is 1. The van der Waals surface area contributed by atoms with E-state index < -0.39 is 4.92 Å². The second kappa shape index (κ2) is 6.56. The molecule has 122 valence electrons. The highest BCUT2D eigenvalue weighted by Gasteiger charge is 2.15. The van der Waals surface area contributed by atoms with Crippen molar-refractivity contribution < 1.29 is 14.1 Å². The summed E-state index contributed by atoms with van der Waals surface area (Å²) in [6.45, 7) is 0. The molecular formula is C13H11N7O4. The first-order chi connectivity index (χ1) is 11.7. The first kappa shape index (κ1) is 15.1. The SMILES string of the molecule is COc1cc([N+](=O)[O-])ccc1-c1ccc(C=NNc2nn[nH]n2)o1. The molecule has 0 fully saturated rings. The number of furan rings is 1. The van der Waals surface area contributed by atoms with Crippen LogP contribution in [0.1, 0.15) is 5.76 Å². The molecule has 11 nitrogen and oxygen atoms in total. The molecular weight excluding hydrogens is 318 g/mol. The van der Waals surface area contributed by atoms with Crippen molar-refractivity contribution in [3.63, 3.8) is 0 Å². The van der Waals surface area contributed by atoms with Crippen LogP contribution in [0.4, 0.5) is 11.6 Å². The number of H-pyrrole nitrogens is 1. The van der Waals surface area contributed by atoms with Crippen molar-refractivity contribution in [2.45, 2.75) is 0 Å². The van der Waals surface area contributed by atoms with Crippen LogP contribution in [0.15, 0.2) is 39.9 Å². The number of ether oxygens (including phenoxy) is 1. The van der Waals surface area contributed by atoms with E-state index in [1.165, 1.54) is 25.5 Å². The van der Waals surface area contributed by atoms with Gasteiger partial charge in [-0.15, -0.1) is 5.10 Å². The Morgan fingerprint density at radius 3 is 3.00 bits per heavy atom. The summed E-state index contributed by atoms with van der Waals surface area (Å²) in [6.07, 6.45) is 1.43. The predicted octanol–water partition coefficient (Wildman–Crippen LogP) is 1.82. The van der Waals surface area contributed by atoms with Gasteiger partial charge in [0.15, 0.2) is 0 Å². The molecule has 24 heavy (non-hydrogen) atoms. The van der Waals surface area contributed by atoms with Gasteiger partial charge >= 0.3 is 0 Å². The van der Waals surface area contributed by atoms with E-state index in [1.54, 1.807) is 18.2 Å². The number of nitrogens with zero attached hydrogens (tertiary/aromatic N) is 5. The number of hydrogen-bond donors (Lipinski definition) is 2. The first-order valence-electron chi connectivity index (χ1n) is 6.62. The number of anilines is 1. The van der Waals surface area contributed by atoms with Gasteiger partial charge in [0.25, 0.3) is 11.6 Å². The predicted molar refractivity (Wildman–Crippen MR) is 82.7 cm³/mol. The number of aromatic amines is 1. The fourth-order valence-corrected chi connectivity index (χ4v) is 1.93. The highest BCUT2D eigenvalue weighted by molar-refractivity contribution is 5.78. The lowest BCUT2D eigenvalue weighted by Gasteiger charge is -2.05. The molecule has 0 aliphatic rings. The third-order valence-corrected chi connectivity index (χ3v) is 2.99. The third-order valence-electron chi connectivity index (χ3n) is 2.99. The zero-order chi connectivity index (χ0) is 16.9. The minimum absolute atomic E-state index is 0.0618. The smallest absolute Gasteiger partial charge is 0.283 e. The van der Waals surface area contributed by atoms with E-state index in [0.717, 1.165) is 0 Å². The van der Waals surface area contributed by atoms with Gasteiger partial charge in [-0.3, -0.25) is 10.1 Å². The van der Waals surface area contributed by atoms with Gasteiger partial charge in [-0.1, -0.05) is 5.10 Å². The summed E-state index contributed by atoms with van der Waals surface area (Å²) in [6, 6.07) is 7.68. The molecule has 3 aromatic rings. The molecule has 1 aromatic carbocycles. The number of hydrogen-bond acceptors (Lipinski definition) is 9. The molecule has 0 unspecified atom stereocenters. The van der Waals surface area contributed by atoms with Gasteiger partial charge in [0.05, 0.1) is 29.9 Å². The van der Waals surface area contributed by atoms with E-state index in [0.29, 0.717) is 22.8 Å². The maximum atomic E-state index is 10.8. The average Bonchev–Trinajstić information content (AvgIpc) is 3.26. The van der Waals surface area contributed by atoms with Gasteiger partial charge in [-0.25, -0.2) is 5.43 Å². The molecule has 0 radical (unpaired) electrons. The van der Waals surface area contributed by atoms with Crippen LogP contribution in [0, 0.1) is 10.1 Å². The number of methoxy groups -OCH3 is 1. The maximum Gasteiger partial charge on any atom is 0.283 e. The molecule has 0 saturated carbocycles. The highest BCUT2D eigenvalue weighted by Crippen LogP contribution is 2.33. The number of nitrogens with one attached hydrogen (secondary N) is 2. The van der Waals surface area contributed by atoms with Crippen LogP contribution in [0.5, 0.6) is 5.75 Å². The summed E-state index contributed by atoms with van der Waals surface area (Å²) in [7, 11) is 1.43. The quantitative estimate of drug-likeness (QED) is 0.396. The van der Waals surface area contributed by atoms with E-state index in [4.69, 9.17) is 9.15 Å². The lowest BCUT2D eigenvalue weighted by atomic mass is 10.1. The van der Waals surface area contributed by atoms with Crippen molar-refractivity contribution in [1.82, 2.24) is 20.6 Å². The fourth-order valence-electron chi connectivity index (χ4n) is 1.93. The largest absolute Gasteiger partial charge is 0.496 e. The van der Waals surface area contributed by atoms with Crippen molar-refractivity contribution in [2.24, 2.45) is 5.10 Å². The van der Waals surface area contributed by atoms with E-state index in [-0.39, 0.29) is 11.6 Å². The molecule has 2 N–H and O–H groups in total. The first-order valence-corrected chi connectivity index (χ1v) is 6.62. The molecule has 2 heterocycles. The lowest BCUT2D eigenvalue weighted by Crippen LogP contribution is -1.92. The maximum absolute atomic E-state index is 10.8. The Balaban J connectivity index is 1.80. The normalized spacial score (nSPS) is 10.9. The molecule has 3 rings (SSSR count). The summed E-state index contributed by atoms with van der Waals surface area (Å²) in [5.41, 5.74) is 3.09. The molecule has 0 saturated heterocycles. The molecule has 0 amide bonds. The Bertz CT molecular complexity index is 872. The van der Waals surface area contributed by atoms with Crippen molar-refractivity contribution in [3.05, 3.63) is 46.2 Å². The van der Waals surface area contributed by atoms with Crippen LogP contribution >= 0.6 is 0 Å². The standard InChI is InChI=1S/C13H11N7O4/c1-23-12-6-8(20(21)22)2-4-10(12)11-5-3-9(24-11)7-14-15-13-16-18-19-17-13/h2-7H,1H3,(H2,15,16,17,18,19). The van der Waals surface area contributed by atoms with Crippen molar-refractivity contribution >= 4 is 17.9 Å². The molecule has 11 heteroatoms. The van der Waals surface area contributed by atoms with Gasteiger partial charge in [-0.2, -0.15) is 10.3 Å². The topological polar surface area (TPSA) is 144 Å². The summed E-state index contributed by atoms with van der Waals surface area (Å²) in [4.78, 5) is 10.3. The molecule has 0 bridgehead atoms. The molecule has 2 aromatic heterocycles. The minimum atomic E-state index is -0.490. The monoisotopic (exact) mass is 329 g/mol. The molecule has 0 atom stereocenters. The summed E-state index contributed by atoms with van der Waals surface area (Å²) < 4.78 is 10.8. The van der Waals surface area contributed by atoms with E-state index in [9.17, 15) is 10.1 Å². The Hall–Kier alpha value is -3.76. The fraction of sp³-hybridized carbons (Fsp3) is 0.0769. The summed E-state index contributed by atoms with van der Waals surface area (Å²) in [5.74, 6) is 1.51. The Morgan fingerprint density at radius 2 is 2.29 bits per heavy atom. The van der Waals surface area contributed by atoms with Crippen LogP contribution in [-0.4, -0.2) is 38.9 Å². The Kier molecular flexibility index (Phi) is 4.14. The van der Waals surface area contributed by atoms with Crippen LogP contribution < -0.4 is 10.2 Å². The van der Waals surface area contributed by atoms with Gasteiger partial charge < -0.3 is 9.15 Å². The summed E-state index contributed by atoms with van der Waals surface area (Å²) in [5, 5.41) is 27.7. The number of hydrazone groups is 1. The van der Waals surface area contributed by atoms with Crippen LogP contribution in [0.3, 0.4) is 0 Å². The number of non-ortho nitro benzene ring substituents is 1. The van der Waals surface area contributed by atoms with E-state index in [2.05, 4.69) is 31.2 Å². The third kappa shape index (κ3) is 3.19. The van der Waals surface area contributed by atoms with Gasteiger partial charge in [0.2, 0.25) is 0 Å². The number of rotatable bonds is 6. The van der Waals surface area contributed by atoms with E-state index in [1.807, 2.05) is 0 Å². The zero-order valence-corrected chi connectivity index (χ0v) is 12.3. The second-order valence-corrected chi connectivity index (χ2v) is 4.45. The molecule has 0 aliphatic heterocycles. The average molecular weight is 329 g/mol. The second-order valence-electron chi connectivity index (χ2n) is 4.45. The number of nitro benzene ring substituents is 1. The number of aromatic nitrogens is 4. The van der Waals surface area contributed by atoms with Gasteiger partial charge in [0.1, 0.15) is 17.3 Å². The number of benzene rings is 1. The zero-order valence-electron chi connectivity index (χ0n) is 12.3. The Labute approximate surface area is 134 Å². The van der Waals surface area contributed by atoms with E-state index >= 15 is 0 Å². The van der Waals surface area contributed by atoms with Crippen molar-refractivity contribution in [2.75, 3.05) is 12.5 Å². The number of nitro groups is 1. The van der Waals surface area contributed by atoms with Crippen LogP contribution in [0.2, 0.25) is 0 Å². The van der Waals surface area contributed by atoms with Crippen LogP contribution in [0.25, 0.3) is 11.3 Å². The van der Waals surface area contributed by atoms with Crippen LogP contribution in [-0.2, 0) is 0 Å². The minimum Gasteiger partial charge on any atom is -0.496 e. The van der Waals surface area contributed by atoms with Crippen molar-refractivity contribution in [1.29, 1.82) is 0 Å². The highest BCUT2D eigenvalue weighted by atomic mass is 16.6. The van der Waals surface area contributed by atoms with Crippen molar-refractivity contribution in [3.8, 4) is 17.1 Å². The molecule has 0 aliphatic carbocycles. The lowest BCUT2D eigenvalue weighted by molar-refractivity contribution is -0.384. The molecule has 0 spiro atoms. The van der Waals surface area contributed by atoms with Gasteiger partial charge in [-0.05, 0) is 23.4 Å². The summed E-state index contributed by atoms with van der Waals surface area (Å²) >= 11 is 0. The Morgan fingerprint density at radius 1 is 1.42 bits per heavy atom.